The molecule has 3 N–H and O–H groups in total. The summed E-state index contributed by atoms with van der Waals surface area (Å²) in [6, 6.07) is 9.64. The van der Waals surface area contributed by atoms with Crippen LogP contribution >= 0.6 is 0 Å². The zero-order valence-corrected chi connectivity index (χ0v) is 11.4. The lowest BCUT2D eigenvalue weighted by Crippen LogP contribution is -2.45. The lowest BCUT2D eigenvalue weighted by atomic mass is 9.93. The van der Waals surface area contributed by atoms with Crippen molar-refractivity contribution in [2.75, 3.05) is 19.8 Å². The molecule has 0 aliphatic carbocycles. The second-order valence-corrected chi connectivity index (χ2v) is 4.88. The highest BCUT2D eigenvalue weighted by atomic mass is 16.5. The molecule has 1 unspecified atom stereocenters. The van der Waals surface area contributed by atoms with Crippen molar-refractivity contribution in [3.05, 3.63) is 35.9 Å². The Morgan fingerprint density at radius 2 is 1.83 bits per heavy atom. The minimum atomic E-state index is -0.798. The van der Waals surface area contributed by atoms with E-state index in [1.165, 1.54) is 0 Å². The highest BCUT2D eigenvalue weighted by Crippen LogP contribution is 2.19. The zero-order chi connectivity index (χ0) is 13.4. The largest absolute Gasteiger partial charge is 0.394 e. The molecule has 0 aromatic heterocycles. The summed E-state index contributed by atoms with van der Waals surface area (Å²) in [7, 11) is 0. The average Bonchev–Trinajstić information content (AvgIpc) is 2.44. The molecular weight excluding hydrogens is 226 g/mol. The Bertz CT molecular complexity index is 325. The Morgan fingerprint density at radius 1 is 1.22 bits per heavy atom. The van der Waals surface area contributed by atoms with Gasteiger partial charge in [0.15, 0.2) is 0 Å². The SMILES string of the molecule is CCC(CC)COCC(N)(CO)c1ccccc1. The van der Waals surface area contributed by atoms with E-state index in [0.717, 1.165) is 18.4 Å². The van der Waals surface area contributed by atoms with Crippen molar-refractivity contribution in [3.8, 4) is 0 Å². The molecule has 0 bridgehead atoms. The highest BCUT2D eigenvalue weighted by Gasteiger charge is 2.26. The van der Waals surface area contributed by atoms with Crippen LogP contribution in [0.4, 0.5) is 0 Å². The Hall–Kier alpha value is -0.900. The van der Waals surface area contributed by atoms with Gasteiger partial charge < -0.3 is 15.6 Å². The quantitative estimate of drug-likeness (QED) is 0.745. The van der Waals surface area contributed by atoms with Gasteiger partial charge in [-0.3, -0.25) is 0 Å². The van der Waals surface area contributed by atoms with Crippen molar-refractivity contribution >= 4 is 0 Å². The van der Waals surface area contributed by atoms with Gasteiger partial charge in [0.2, 0.25) is 0 Å². The Labute approximate surface area is 110 Å². The van der Waals surface area contributed by atoms with E-state index >= 15 is 0 Å². The summed E-state index contributed by atoms with van der Waals surface area (Å²) < 4.78 is 5.70. The minimum Gasteiger partial charge on any atom is -0.394 e. The minimum absolute atomic E-state index is 0.111. The third kappa shape index (κ3) is 4.09. The molecule has 0 amide bonds. The second kappa shape index (κ2) is 7.52. The van der Waals surface area contributed by atoms with Crippen LogP contribution in [0.25, 0.3) is 0 Å². The molecule has 0 radical (unpaired) electrons. The number of hydrogen-bond acceptors (Lipinski definition) is 3. The first-order valence-corrected chi connectivity index (χ1v) is 6.69. The summed E-state index contributed by atoms with van der Waals surface area (Å²) in [4.78, 5) is 0. The molecule has 0 saturated carbocycles. The number of benzene rings is 1. The standard InChI is InChI=1S/C15H25NO2/c1-3-13(4-2)10-18-12-15(16,11-17)14-8-6-5-7-9-14/h5-9,13,17H,3-4,10-12,16H2,1-2H3. The summed E-state index contributed by atoms with van der Waals surface area (Å²) in [5.74, 6) is 0.573. The van der Waals surface area contributed by atoms with E-state index in [-0.39, 0.29) is 6.61 Å². The van der Waals surface area contributed by atoms with Gasteiger partial charge in [0.1, 0.15) is 0 Å². The van der Waals surface area contributed by atoms with Gasteiger partial charge >= 0.3 is 0 Å². The second-order valence-electron chi connectivity index (χ2n) is 4.88. The topological polar surface area (TPSA) is 55.5 Å². The van der Waals surface area contributed by atoms with Gasteiger partial charge in [0.25, 0.3) is 0 Å². The van der Waals surface area contributed by atoms with E-state index in [0.29, 0.717) is 19.1 Å². The van der Waals surface area contributed by atoms with Crippen LogP contribution in [0.15, 0.2) is 30.3 Å². The van der Waals surface area contributed by atoms with Crippen LogP contribution in [-0.4, -0.2) is 24.9 Å². The average molecular weight is 251 g/mol. The number of aliphatic hydroxyl groups excluding tert-OH is 1. The van der Waals surface area contributed by atoms with Gasteiger partial charge in [0.05, 0.1) is 18.8 Å². The van der Waals surface area contributed by atoms with Crippen LogP contribution in [0.2, 0.25) is 0 Å². The summed E-state index contributed by atoms with van der Waals surface area (Å²) in [6.07, 6.45) is 2.22. The number of ether oxygens (including phenoxy) is 1. The molecule has 3 heteroatoms. The van der Waals surface area contributed by atoms with Crippen molar-refractivity contribution in [2.24, 2.45) is 11.7 Å². The van der Waals surface area contributed by atoms with E-state index in [1.54, 1.807) is 0 Å². The molecule has 0 saturated heterocycles. The van der Waals surface area contributed by atoms with Crippen molar-refractivity contribution in [1.82, 2.24) is 0 Å². The summed E-state index contributed by atoms with van der Waals surface area (Å²) >= 11 is 0. The molecule has 1 rings (SSSR count). The molecule has 0 heterocycles. The van der Waals surface area contributed by atoms with Crippen molar-refractivity contribution < 1.29 is 9.84 Å². The fraction of sp³-hybridized carbons (Fsp3) is 0.600. The molecule has 1 atom stereocenters. The normalized spacial score (nSPS) is 14.7. The first-order chi connectivity index (χ1) is 8.66. The van der Waals surface area contributed by atoms with Gasteiger partial charge in [-0.1, -0.05) is 57.0 Å². The summed E-state index contributed by atoms with van der Waals surface area (Å²) in [5, 5.41) is 9.51. The first-order valence-electron chi connectivity index (χ1n) is 6.69. The zero-order valence-electron chi connectivity index (χ0n) is 11.4. The fourth-order valence-corrected chi connectivity index (χ4v) is 1.92. The van der Waals surface area contributed by atoms with Gasteiger partial charge in [-0.05, 0) is 11.5 Å². The molecule has 0 fully saturated rings. The molecule has 0 spiro atoms. The lowest BCUT2D eigenvalue weighted by molar-refractivity contribution is 0.0337. The van der Waals surface area contributed by atoms with E-state index in [2.05, 4.69) is 13.8 Å². The van der Waals surface area contributed by atoms with E-state index < -0.39 is 5.54 Å². The molecule has 0 aliphatic rings. The van der Waals surface area contributed by atoms with E-state index in [9.17, 15) is 5.11 Å². The van der Waals surface area contributed by atoms with E-state index in [4.69, 9.17) is 10.5 Å². The van der Waals surface area contributed by atoms with Crippen LogP contribution in [0.5, 0.6) is 0 Å². The van der Waals surface area contributed by atoms with Crippen LogP contribution in [0.3, 0.4) is 0 Å². The number of aliphatic hydroxyl groups is 1. The lowest BCUT2D eigenvalue weighted by Gasteiger charge is -2.28. The Kier molecular flexibility index (Phi) is 6.33. The number of hydrogen-bond donors (Lipinski definition) is 2. The molecule has 0 aliphatic heterocycles. The van der Waals surface area contributed by atoms with Gasteiger partial charge in [0, 0.05) is 6.61 Å². The Morgan fingerprint density at radius 3 is 2.33 bits per heavy atom. The van der Waals surface area contributed by atoms with Crippen LogP contribution < -0.4 is 5.73 Å². The van der Waals surface area contributed by atoms with Gasteiger partial charge in [-0.2, -0.15) is 0 Å². The molecular formula is C15H25NO2. The number of nitrogens with two attached hydrogens (primary N) is 1. The van der Waals surface area contributed by atoms with Crippen molar-refractivity contribution in [1.29, 1.82) is 0 Å². The molecule has 3 nitrogen and oxygen atoms in total. The Balaban J connectivity index is 2.56. The monoisotopic (exact) mass is 251 g/mol. The maximum absolute atomic E-state index is 9.51. The maximum Gasteiger partial charge on any atom is 0.0881 e. The molecule has 1 aromatic rings. The third-order valence-corrected chi connectivity index (χ3v) is 3.50. The van der Waals surface area contributed by atoms with Crippen molar-refractivity contribution in [2.45, 2.75) is 32.2 Å². The van der Waals surface area contributed by atoms with Crippen LogP contribution in [0, 0.1) is 5.92 Å². The third-order valence-electron chi connectivity index (χ3n) is 3.50. The molecule has 102 valence electrons. The summed E-state index contributed by atoms with van der Waals surface area (Å²) in [5.41, 5.74) is 6.33. The summed E-state index contributed by atoms with van der Waals surface area (Å²) in [6.45, 7) is 5.27. The van der Waals surface area contributed by atoms with Crippen molar-refractivity contribution in [3.63, 3.8) is 0 Å². The predicted octanol–water partition coefficient (Wildman–Crippen LogP) is 2.29. The van der Waals surface area contributed by atoms with Gasteiger partial charge in [-0.25, -0.2) is 0 Å². The van der Waals surface area contributed by atoms with Crippen LogP contribution in [-0.2, 0) is 10.3 Å². The number of rotatable bonds is 8. The van der Waals surface area contributed by atoms with Gasteiger partial charge in [-0.15, -0.1) is 0 Å². The predicted molar refractivity (Wildman–Crippen MR) is 74.3 cm³/mol. The fourth-order valence-electron chi connectivity index (χ4n) is 1.92. The van der Waals surface area contributed by atoms with E-state index in [1.807, 2.05) is 30.3 Å². The smallest absolute Gasteiger partial charge is 0.0881 e. The van der Waals surface area contributed by atoms with Crippen LogP contribution in [0.1, 0.15) is 32.3 Å². The molecule has 18 heavy (non-hydrogen) atoms. The first kappa shape index (κ1) is 15.2. The maximum atomic E-state index is 9.51. The highest BCUT2D eigenvalue weighted by molar-refractivity contribution is 5.24. The molecule has 1 aromatic carbocycles.